The molecule has 0 spiro atoms. The third kappa shape index (κ3) is 5460. The molecule has 5 heteroatoms. The van der Waals surface area contributed by atoms with Crippen molar-refractivity contribution in [2.24, 2.45) is 0 Å². The SMILES string of the molecule is CC(C)O.CCO.CCO.CCO.[Ti]. The van der Waals surface area contributed by atoms with Crippen LogP contribution in [0.4, 0.5) is 0 Å². The number of hydrogen-bond acceptors (Lipinski definition) is 4. The van der Waals surface area contributed by atoms with E-state index in [1.54, 1.807) is 34.6 Å². The van der Waals surface area contributed by atoms with Gasteiger partial charge in [-0.05, 0) is 34.6 Å². The quantitative estimate of drug-likeness (QED) is 0.466. The van der Waals surface area contributed by atoms with Gasteiger partial charge in [0, 0.05) is 47.6 Å². The molecule has 0 fully saturated rings. The first-order valence-corrected chi connectivity index (χ1v) is 4.48. The third-order valence-electron chi connectivity index (χ3n) is 0. The molecule has 14 heavy (non-hydrogen) atoms. The number of aliphatic hydroxyl groups is 4. The molecule has 0 atom stereocenters. The molecule has 0 aliphatic heterocycles. The maximum absolute atomic E-state index is 8.06. The maximum atomic E-state index is 8.06. The first-order valence-electron chi connectivity index (χ1n) is 4.48. The minimum absolute atomic E-state index is 0. The Kier molecular flexibility index (Phi) is 104. The minimum atomic E-state index is -0.167. The van der Waals surface area contributed by atoms with Gasteiger partial charge in [-0.15, -0.1) is 0 Å². The molecule has 0 aliphatic carbocycles. The monoisotopic (exact) mass is 246 g/mol. The van der Waals surface area contributed by atoms with E-state index in [9.17, 15) is 0 Å². The van der Waals surface area contributed by atoms with Crippen molar-refractivity contribution < 1.29 is 42.1 Å². The Balaban J connectivity index is -0.0000000254. The standard InChI is InChI=1S/C3H8O.3C2H6O.Ti/c1-3(2)4;3*1-2-3;/h3-4H,1-2H3;3*3H,2H2,1H3;. The van der Waals surface area contributed by atoms with Crippen molar-refractivity contribution in [1.29, 1.82) is 0 Å². The summed E-state index contributed by atoms with van der Waals surface area (Å²) in [6.07, 6.45) is -0.167. The Morgan fingerprint density at radius 3 is 0.786 bits per heavy atom. The molecule has 0 unspecified atom stereocenters. The summed E-state index contributed by atoms with van der Waals surface area (Å²) in [4.78, 5) is 0. The van der Waals surface area contributed by atoms with E-state index in [0.717, 1.165) is 0 Å². The smallest absolute Gasteiger partial charge is 0.0483 e. The zero-order chi connectivity index (χ0) is 11.7. The van der Waals surface area contributed by atoms with Crippen molar-refractivity contribution in [2.75, 3.05) is 19.8 Å². The van der Waals surface area contributed by atoms with Gasteiger partial charge in [0.2, 0.25) is 0 Å². The molecule has 0 heterocycles. The van der Waals surface area contributed by atoms with Crippen LogP contribution in [0.5, 0.6) is 0 Å². The van der Waals surface area contributed by atoms with Gasteiger partial charge < -0.3 is 20.4 Å². The van der Waals surface area contributed by atoms with Crippen LogP contribution >= 0.6 is 0 Å². The van der Waals surface area contributed by atoms with Crippen molar-refractivity contribution in [3.63, 3.8) is 0 Å². The molecule has 0 amide bonds. The van der Waals surface area contributed by atoms with E-state index in [4.69, 9.17) is 20.4 Å². The van der Waals surface area contributed by atoms with Gasteiger partial charge in [0.15, 0.2) is 0 Å². The average molecular weight is 246 g/mol. The van der Waals surface area contributed by atoms with Crippen LogP contribution in [0.1, 0.15) is 34.6 Å². The summed E-state index contributed by atoms with van der Waals surface area (Å²) in [7, 11) is 0. The fourth-order valence-corrected chi connectivity index (χ4v) is 0. The van der Waals surface area contributed by atoms with E-state index in [1.807, 2.05) is 0 Å². The molecule has 0 saturated heterocycles. The van der Waals surface area contributed by atoms with Crippen LogP contribution in [-0.2, 0) is 21.7 Å². The molecule has 90 valence electrons. The van der Waals surface area contributed by atoms with E-state index >= 15 is 0 Å². The molecule has 0 radical (unpaired) electrons. The van der Waals surface area contributed by atoms with Crippen molar-refractivity contribution in [3.8, 4) is 0 Å². The Morgan fingerprint density at radius 2 is 0.786 bits per heavy atom. The largest absolute Gasteiger partial charge is 0.397 e. The van der Waals surface area contributed by atoms with E-state index in [1.165, 1.54) is 0 Å². The first kappa shape index (κ1) is 29.3. The van der Waals surface area contributed by atoms with E-state index in [2.05, 4.69) is 0 Å². The molecule has 0 aromatic heterocycles. The summed E-state index contributed by atoms with van der Waals surface area (Å²) in [6, 6.07) is 0. The van der Waals surface area contributed by atoms with Gasteiger partial charge in [0.05, 0.1) is 0 Å². The molecular weight excluding hydrogens is 220 g/mol. The molecule has 0 aromatic rings. The fraction of sp³-hybridized carbons (Fsp3) is 1.00. The van der Waals surface area contributed by atoms with Gasteiger partial charge in [0.1, 0.15) is 0 Å². The van der Waals surface area contributed by atoms with E-state index in [-0.39, 0.29) is 47.6 Å². The first-order chi connectivity index (χ1) is 5.97. The second-order valence-electron chi connectivity index (χ2n) is 2.04. The second-order valence-corrected chi connectivity index (χ2v) is 2.04. The third-order valence-corrected chi connectivity index (χ3v) is 0. The average Bonchev–Trinajstić information content (AvgIpc) is 1.88. The minimum Gasteiger partial charge on any atom is -0.397 e. The molecule has 0 aliphatic rings. The van der Waals surface area contributed by atoms with Gasteiger partial charge in [-0.2, -0.15) is 0 Å². The van der Waals surface area contributed by atoms with Crippen LogP contribution in [-0.4, -0.2) is 46.4 Å². The van der Waals surface area contributed by atoms with Gasteiger partial charge in [0.25, 0.3) is 0 Å². The van der Waals surface area contributed by atoms with Crippen molar-refractivity contribution in [2.45, 2.75) is 40.7 Å². The Hall–Kier alpha value is 0.554. The summed E-state index contributed by atoms with van der Waals surface area (Å²) in [5.74, 6) is 0. The van der Waals surface area contributed by atoms with Crippen LogP contribution in [0.3, 0.4) is 0 Å². The molecule has 0 aromatic carbocycles. The fourth-order valence-electron chi connectivity index (χ4n) is 0. The maximum Gasteiger partial charge on any atom is 0.0483 e. The summed E-state index contributed by atoms with van der Waals surface area (Å²) in [5.41, 5.74) is 0. The van der Waals surface area contributed by atoms with Crippen molar-refractivity contribution in [1.82, 2.24) is 0 Å². The summed E-state index contributed by atoms with van der Waals surface area (Å²) >= 11 is 0. The van der Waals surface area contributed by atoms with Gasteiger partial charge in [-0.1, -0.05) is 0 Å². The Morgan fingerprint density at radius 1 is 0.786 bits per heavy atom. The number of aliphatic hydroxyl groups excluding tert-OH is 4. The molecule has 4 nitrogen and oxygen atoms in total. The number of hydrogen-bond donors (Lipinski definition) is 4. The van der Waals surface area contributed by atoms with E-state index in [0.29, 0.717) is 0 Å². The summed E-state index contributed by atoms with van der Waals surface area (Å²) in [5, 5.41) is 30.8. The number of rotatable bonds is 0. The van der Waals surface area contributed by atoms with Crippen molar-refractivity contribution in [3.05, 3.63) is 0 Å². The van der Waals surface area contributed by atoms with Crippen LogP contribution in [0, 0.1) is 0 Å². The predicted molar refractivity (Wildman–Crippen MR) is 55.6 cm³/mol. The molecular formula is C9H26O4Ti. The Bertz CT molecular complexity index is 38.3. The van der Waals surface area contributed by atoms with Gasteiger partial charge in [-0.3, -0.25) is 0 Å². The van der Waals surface area contributed by atoms with Crippen LogP contribution in [0.25, 0.3) is 0 Å². The van der Waals surface area contributed by atoms with Gasteiger partial charge in [-0.25, -0.2) is 0 Å². The zero-order valence-corrected chi connectivity index (χ0v) is 11.5. The van der Waals surface area contributed by atoms with Crippen LogP contribution < -0.4 is 0 Å². The Labute approximate surface area is 103 Å². The van der Waals surface area contributed by atoms with Gasteiger partial charge >= 0.3 is 0 Å². The van der Waals surface area contributed by atoms with E-state index < -0.39 is 0 Å². The second kappa shape index (κ2) is 49.7. The summed E-state index contributed by atoms with van der Waals surface area (Å²) in [6.45, 7) is 9.24. The molecule has 0 rings (SSSR count). The summed E-state index contributed by atoms with van der Waals surface area (Å²) < 4.78 is 0. The van der Waals surface area contributed by atoms with Crippen LogP contribution in [0.15, 0.2) is 0 Å². The molecule has 0 bridgehead atoms. The van der Waals surface area contributed by atoms with Crippen LogP contribution in [0.2, 0.25) is 0 Å². The zero-order valence-electron chi connectivity index (χ0n) is 9.99. The van der Waals surface area contributed by atoms with Crippen molar-refractivity contribution >= 4 is 0 Å². The normalized spacial score (nSPS) is 6.43. The molecule has 0 saturated carbocycles. The predicted octanol–water partition coefficient (Wildman–Crippen LogP) is 0.380. The molecule has 4 N–H and O–H groups in total. The topological polar surface area (TPSA) is 80.9 Å².